The first-order valence-corrected chi connectivity index (χ1v) is 6.03. The molecule has 2 aromatic rings. The molecule has 1 aromatic heterocycles. The first-order valence-electron chi connectivity index (χ1n) is 5.24. The van der Waals surface area contributed by atoms with Crippen LogP contribution in [0.15, 0.2) is 45.4 Å². The number of halogens is 1. The van der Waals surface area contributed by atoms with Crippen molar-refractivity contribution in [3.05, 3.63) is 62.4 Å². The molecule has 0 aliphatic rings. The van der Waals surface area contributed by atoms with E-state index in [1.54, 1.807) is 12.1 Å². The third-order valence-corrected chi connectivity index (χ3v) is 3.03. The van der Waals surface area contributed by atoms with Gasteiger partial charge < -0.3 is 4.42 Å². The third-order valence-electron chi connectivity index (χ3n) is 2.38. The van der Waals surface area contributed by atoms with Gasteiger partial charge in [-0.15, -0.1) is 0 Å². The standard InChI is InChI=1S/C13H10BrNO3/c1-9-2-4-11(12(14)8-9)13-5-3-10(18-13)6-7-15(16)17/h2-8H,1H3/b7-6+. The smallest absolute Gasteiger partial charge is 0.238 e. The van der Waals surface area contributed by atoms with Crippen molar-refractivity contribution < 1.29 is 9.34 Å². The highest BCUT2D eigenvalue weighted by molar-refractivity contribution is 9.10. The highest BCUT2D eigenvalue weighted by atomic mass is 79.9. The molecule has 0 saturated carbocycles. The Morgan fingerprint density at radius 2 is 2.11 bits per heavy atom. The van der Waals surface area contributed by atoms with Crippen molar-refractivity contribution in [1.82, 2.24) is 0 Å². The normalized spacial score (nSPS) is 11.0. The van der Waals surface area contributed by atoms with Crippen LogP contribution in [0, 0.1) is 17.0 Å². The summed E-state index contributed by atoms with van der Waals surface area (Å²) in [6.45, 7) is 2.00. The van der Waals surface area contributed by atoms with Gasteiger partial charge in [-0.25, -0.2) is 0 Å². The number of aryl methyl sites for hydroxylation is 1. The van der Waals surface area contributed by atoms with E-state index in [-0.39, 0.29) is 0 Å². The lowest BCUT2D eigenvalue weighted by atomic mass is 10.1. The number of hydrogen-bond donors (Lipinski definition) is 0. The average molecular weight is 308 g/mol. The van der Waals surface area contributed by atoms with Gasteiger partial charge in [0.2, 0.25) is 6.20 Å². The van der Waals surface area contributed by atoms with Crippen LogP contribution in [-0.4, -0.2) is 4.92 Å². The first-order chi connectivity index (χ1) is 8.56. The molecule has 0 saturated heterocycles. The molecule has 0 unspecified atom stereocenters. The zero-order valence-corrected chi connectivity index (χ0v) is 11.2. The Kier molecular flexibility index (Phi) is 3.62. The second-order valence-electron chi connectivity index (χ2n) is 3.79. The van der Waals surface area contributed by atoms with Crippen LogP contribution >= 0.6 is 15.9 Å². The molecule has 92 valence electrons. The van der Waals surface area contributed by atoms with Crippen LogP contribution in [0.3, 0.4) is 0 Å². The van der Waals surface area contributed by atoms with Crippen LogP contribution in [-0.2, 0) is 0 Å². The summed E-state index contributed by atoms with van der Waals surface area (Å²) in [6.07, 6.45) is 2.18. The predicted octanol–water partition coefficient (Wildman–Crippen LogP) is 4.26. The van der Waals surface area contributed by atoms with Crippen LogP contribution in [0.25, 0.3) is 17.4 Å². The molecule has 0 aliphatic heterocycles. The quantitative estimate of drug-likeness (QED) is 0.628. The molecule has 18 heavy (non-hydrogen) atoms. The lowest BCUT2D eigenvalue weighted by molar-refractivity contribution is -0.401. The number of furan rings is 1. The summed E-state index contributed by atoms with van der Waals surface area (Å²) in [7, 11) is 0. The zero-order chi connectivity index (χ0) is 13.1. The minimum absolute atomic E-state index is 0.453. The summed E-state index contributed by atoms with van der Waals surface area (Å²) in [5, 5.41) is 10.2. The molecule has 0 aliphatic carbocycles. The van der Waals surface area contributed by atoms with Crippen molar-refractivity contribution in [3.63, 3.8) is 0 Å². The van der Waals surface area contributed by atoms with E-state index < -0.39 is 4.92 Å². The summed E-state index contributed by atoms with van der Waals surface area (Å²) in [5.41, 5.74) is 2.06. The Balaban J connectivity index is 2.32. The number of benzene rings is 1. The molecule has 0 fully saturated rings. The Morgan fingerprint density at radius 3 is 2.78 bits per heavy atom. The van der Waals surface area contributed by atoms with Crippen molar-refractivity contribution in [3.8, 4) is 11.3 Å². The van der Waals surface area contributed by atoms with E-state index in [2.05, 4.69) is 15.9 Å². The van der Waals surface area contributed by atoms with Crippen molar-refractivity contribution >= 4 is 22.0 Å². The number of nitrogens with zero attached hydrogens (tertiary/aromatic N) is 1. The average Bonchev–Trinajstić information content (AvgIpc) is 2.75. The van der Waals surface area contributed by atoms with Crippen LogP contribution in [0.4, 0.5) is 0 Å². The summed E-state index contributed by atoms with van der Waals surface area (Å²) in [5.74, 6) is 1.12. The van der Waals surface area contributed by atoms with Gasteiger partial charge in [-0.3, -0.25) is 10.1 Å². The molecule has 0 amide bonds. The van der Waals surface area contributed by atoms with E-state index in [0.29, 0.717) is 11.5 Å². The minimum atomic E-state index is -0.524. The second kappa shape index (κ2) is 5.18. The van der Waals surface area contributed by atoms with E-state index in [9.17, 15) is 10.1 Å². The van der Waals surface area contributed by atoms with Gasteiger partial charge in [-0.05, 0) is 36.8 Å². The van der Waals surface area contributed by atoms with Crippen LogP contribution in [0.5, 0.6) is 0 Å². The topological polar surface area (TPSA) is 56.3 Å². The largest absolute Gasteiger partial charge is 0.456 e. The lowest BCUT2D eigenvalue weighted by Crippen LogP contribution is -1.81. The van der Waals surface area contributed by atoms with E-state index in [1.165, 1.54) is 6.08 Å². The summed E-state index contributed by atoms with van der Waals surface area (Å²) < 4.78 is 6.45. The maximum absolute atomic E-state index is 10.2. The molecule has 1 aromatic carbocycles. The minimum Gasteiger partial charge on any atom is -0.456 e. The van der Waals surface area contributed by atoms with E-state index in [4.69, 9.17) is 4.42 Å². The van der Waals surface area contributed by atoms with Crippen molar-refractivity contribution in [2.45, 2.75) is 6.92 Å². The Bertz CT molecular complexity index is 616. The number of nitro groups is 1. The molecule has 0 spiro atoms. The highest BCUT2D eigenvalue weighted by Gasteiger charge is 2.07. The molecule has 0 atom stereocenters. The maximum atomic E-state index is 10.2. The van der Waals surface area contributed by atoms with E-state index in [1.807, 2.05) is 25.1 Å². The number of rotatable bonds is 3. The van der Waals surface area contributed by atoms with Gasteiger partial charge in [-0.1, -0.05) is 22.0 Å². The fourth-order valence-corrected chi connectivity index (χ4v) is 2.23. The molecule has 4 nitrogen and oxygen atoms in total. The van der Waals surface area contributed by atoms with Gasteiger partial charge in [-0.2, -0.15) is 0 Å². The Hall–Kier alpha value is -1.88. The van der Waals surface area contributed by atoms with Crippen molar-refractivity contribution in [1.29, 1.82) is 0 Å². The summed E-state index contributed by atoms with van der Waals surface area (Å²) >= 11 is 3.47. The molecular weight excluding hydrogens is 298 g/mol. The molecule has 1 heterocycles. The SMILES string of the molecule is Cc1ccc(-c2ccc(/C=C/[N+](=O)[O-])o2)c(Br)c1. The molecule has 0 radical (unpaired) electrons. The predicted molar refractivity (Wildman–Crippen MR) is 72.6 cm³/mol. The maximum Gasteiger partial charge on any atom is 0.238 e. The highest BCUT2D eigenvalue weighted by Crippen LogP contribution is 2.30. The van der Waals surface area contributed by atoms with Crippen LogP contribution < -0.4 is 0 Å². The zero-order valence-electron chi connectivity index (χ0n) is 9.59. The van der Waals surface area contributed by atoms with Gasteiger partial charge in [0.05, 0.1) is 11.0 Å². The summed E-state index contributed by atoms with van der Waals surface area (Å²) in [6, 6.07) is 9.40. The van der Waals surface area contributed by atoms with E-state index >= 15 is 0 Å². The molecule has 2 rings (SSSR count). The fourth-order valence-electron chi connectivity index (χ4n) is 1.54. The van der Waals surface area contributed by atoms with E-state index in [0.717, 1.165) is 21.8 Å². The lowest BCUT2D eigenvalue weighted by Gasteiger charge is -2.01. The van der Waals surface area contributed by atoms with Crippen LogP contribution in [0.1, 0.15) is 11.3 Å². The molecule has 5 heteroatoms. The Morgan fingerprint density at radius 1 is 1.33 bits per heavy atom. The Labute approximate surface area is 112 Å². The van der Waals surface area contributed by atoms with Crippen molar-refractivity contribution in [2.24, 2.45) is 0 Å². The van der Waals surface area contributed by atoms with Gasteiger partial charge >= 0.3 is 0 Å². The third kappa shape index (κ3) is 2.87. The first kappa shape index (κ1) is 12.6. The fraction of sp³-hybridized carbons (Fsp3) is 0.0769. The van der Waals surface area contributed by atoms with Crippen LogP contribution in [0.2, 0.25) is 0 Å². The molecule has 0 N–H and O–H groups in total. The van der Waals surface area contributed by atoms with Gasteiger partial charge in [0.15, 0.2) is 0 Å². The molecule has 0 bridgehead atoms. The van der Waals surface area contributed by atoms with Gasteiger partial charge in [0, 0.05) is 10.0 Å². The van der Waals surface area contributed by atoms with Gasteiger partial charge in [0.25, 0.3) is 0 Å². The van der Waals surface area contributed by atoms with Gasteiger partial charge in [0.1, 0.15) is 11.5 Å². The monoisotopic (exact) mass is 307 g/mol. The van der Waals surface area contributed by atoms with Crippen molar-refractivity contribution in [2.75, 3.05) is 0 Å². The molecular formula is C13H10BrNO3. The second-order valence-corrected chi connectivity index (χ2v) is 4.64. The summed E-state index contributed by atoms with van der Waals surface area (Å²) in [4.78, 5) is 9.69. The number of hydrogen-bond acceptors (Lipinski definition) is 3.